The number of nitrogens with one attached hydrogen (secondary N) is 2. The quantitative estimate of drug-likeness (QED) is 0.307. The molecular weight excluding hydrogens is 484 g/mol. The second kappa shape index (κ2) is 11.4. The van der Waals surface area contributed by atoms with Crippen LogP contribution in [0.25, 0.3) is 11.0 Å². The van der Waals surface area contributed by atoms with Crippen LogP contribution in [-0.2, 0) is 22.6 Å². The molecule has 0 unspecified atom stereocenters. The lowest BCUT2D eigenvalue weighted by molar-refractivity contribution is 0.0580. The fourth-order valence-corrected chi connectivity index (χ4v) is 4.75. The van der Waals surface area contributed by atoms with Crippen molar-refractivity contribution in [1.29, 1.82) is 0 Å². The number of carbonyl (C=O) groups excluding carboxylic acids is 2. The lowest BCUT2D eigenvalue weighted by Gasteiger charge is -2.14. The molecular formula is C29H30N4O5. The molecule has 4 aromatic rings. The minimum atomic E-state index is -0.562. The summed E-state index contributed by atoms with van der Waals surface area (Å²) in [6.07, 6.45) is 3.49. The number of carbonyl (C=O) groups is 2. The lowest BCUT2D eigenvalue weighted by Crippen LogP contribution is -2.21. The highest BCUT2D eigenvalue weighted by Crippen LogP contribution is 2.34. The van der Waals surface area contributed by atoms with Gasteiger partial charge in [0.25, 0.3) is 5.91 Å². The maximum atomic E-state index is 13.2. The predicted molar refractivity (Wildman–Crippen MR) is 145 cm³/mol. The van der Waals surface area contributed by atoms with Crippen molar-refractivity contribution in [2.75, 3.05) is 31.5 Å². The average Bonchev–Trinajstić information content (AvgIpc) is 3.58. The Morgan fingerprint density at radius 2 is 1.89 bits per heavy atom. The smallest absolute Gasteiger partial charge is 0.356 e. The summed E-state index contributed by atoms with van der Waals surface area (Å²) < 4.78 is 18.3. The third kappa shape index (κ3) is 5.19. The van der Waals surface area contributed by atoms with E-state index in [1.807, 2.05) is 36.4 Å². The molecule has 9 heteroatoms. The summed E-state index contributed by atoms with van der Waals surface area (Å²) in [6, 6.07) is 18.5. The molecule has 1 amide bonds. The number of esters is 1. The number of rotatable bonds is 9. The Kier molecular flexibility index (Phi) is 7.55. The van der Waals surface area contributed by atoms with Crippen molar-refractivity contribution in [3.05, 3.63) is 83.7 Å². The molecule has 2 aromatic carbocycles. The van der Waals surface area contributed by atoms with Gasteiger partial charge in [-0.25, -0.2) is 9.78 Å². The zero-order valence-corrected chi connectivity index (χ0v) is 21.4. The molecule has 1 atom stereocenters. The van der Waals surface area contributed by atoms with E-state index in [1.54, 1.807) is 42.1 Å². The molecule has 2 aromatic heterocycles. The Morgan fingerprint density at radius 3 is 2.63 bits per heavy atom. The number of nitrogens with zero attached hydrogens (tertiary/aromatic N) is 2. The van der Waals surface area contributed by atoms with Crippen LogP contribution in [0.3, 0.4) is 0 Å². The Labute approximate surface area is 220 Å². The van der Waals surface area contributed by atoms with Crippen LogP contribution in [0.2, 0.25) is 0 Å². The molecule has 38 heavy (non-hydrogen) atoms. The number of pyridine rings is 1. The van der Waals surface area contributed by atoms with Crippen molar-refractivity contribution in [2.45, 2.75) is 32.0 Å². The number of aromatic nitrogens is 2. The zero-order chi connectivity index (χ0) is 26.5. The van der Waals surface area contributed by atoms with E-state index in [1.165, 1.54) is 7.11 Å². The summed E-state index contributed by atoms with van der Waals surface area (Å²) in [4.78, 5) is 31.0. The van der Waals surface area contributed by atoms with Crippen LogP contribution in [0.5, 0.6) is 5.75 Å². The number of benzene rings is 2. The second-order valence-corrected chi connectivity index (χ2v) is 9.04. The highest BCUT2D eigenvalue weighted by Gasteiger charge is 2.29. The van der Waals surface area contributed by atoms with E-state index in [0.717, 1.165) is 29.8 Å². The molecule has 196 valence electrons. The van der Waals surface area contributed by atoms with Gasteiger partial charge in [0.1, 0.15) is 11.4 Å². The predicted octanol–water partition coefficient (Wildman–Crippen LogP) is 4.87. The molecule has 3 heterocycles. The largest absolute Gasteiger partial charge is 0.496 e. The van der Waals surface area contributed by atoms with E-state index >= 15 is 0 Å². The molecule has 0 saturated carbocycles. The minimum Gasteiger partial charge on any atom is -0.496 e. The number of fused-ring (bicyclic) bond motifs is 1. The first-order valence-electron chi connectivity index (χ1n) is 12.5. The number of hydrogen-bond donors (Lipinski definition) is 2. The van der Waals surface area contributed by atoms with E-state index in [-0.39, 0.29) is 17.7 Å². The topological polar surface area (TPSA) is 104 Å². The summed E-state index contributed by atoms with van der Waals surface area (Å²) in [5.74, 6) is -0.118. The maximum absolute atomic E-state index is 13.2. The van der Waals surface area contributed by atoms with Crippen LogP contribution >= 0.6 is 0 Å². The summed E-state index contributed by atoms with van der Waals surface area (Å²) in [5.41, 5.74) is 3.33. The Hall–Kier alpha value is -4.37. The van der Waals surface area contributed by atoms with Crippen LogP contribution in [0.15, 0.2) is 66.9 Å². The standard InChI is InChI=1S/C29H30N4O5/c1-36-24-13-7-6-11-20(24)16-30-21-15-23-25(32-28(34)19-9-4-3-5-10-19)26(29(35)37-2)33(27(23)31-17-21)18-22-12-8-14-38-22/h3-7,9-11,13,15,17,22,30H,8,12,14,16,18H2,1-2H3,(H,32,34)/t22-/m1/s1. The van der Waals surface area contributed by atoms with Gasteiger partial charge in [0, 0.05) is 29.7 Å². The number of methoxy groups -OCH3 is 2. The molecule has 0 radical (unpaired) electrons. The van der Waals surface area contributed by atoms with Gasteiger partial charge in [0.15, 0.2) is 5.69 Å². The molecule has 5 rings (SSSR count). The Bertz CT molecular complexity index is 1440. The molecule has 9 nitrogen and oxygen atoms in total. The third-order valence-corrected chi connectivity index (χ3v) is 6.64. The summed E-state index contributed by atoms with van der Waals surface area (Å²) in [6.45, 7) is 1.60. The van der Waals surface area contributed by atoms with Gasteiger partial charge in [-0.15, -0.1) is 0 Å². The fraction of sp³-hybridized carbons (Fsp3) is 0.276. The molecule has 0 spiro atoms. The van der Waals surface area contributed by atoms with Gasteiger partial charge in [0.05, 0.1) is 44.4 Å². The van der Waals surface area contributed by atoms with Crippen molar-refractivity contribution < 1.29 is 23.8 Å². The van der Waals surface area contributed by atoms with Gasteiger partial charge in [-0.3, -0.25) is 4.79 Å². The molecule has 1 aliphatic heterocycles. The van der Waals surface area contributed by atoms with Crippen molar-refractivity contribution >= 4 is 34.3 Å². The van der Waals surface area contributed by atoms with Gasteiger partial charge < -0.3 is 29.4 Å². The van der Waals surface area contributed by atoms with Crippen molar-refractivity contribution in [3.63, 3.8) is 0 Å². The van der Waals surface area contributed by atoms with E-state index in [9.17, 15) is 9.59 Å². The number of ether oxygens (including phenoxy) is 3. The Morgan fingerprint density at radius 1 is 1.11 bits per heavy atom. The fourth-order valence-electron chi connectivity index (χ4n) is 4.75. The first kappa shape index (κ1) is 25.3. The summed E-state index contributed by atoms with van der Waals surface area (Å²) in [7, 11) is 2.96. The average molecular weight is 515 g/mol. The highest BCUT2D eigenvalue weighted by molar-refractivity contribution is 6.14. The maximum Gasteiger partial charge on any atom is 0.356 e. The summed E-state index contributed by atoms with van der Waals surface area (Å²) in [5, 5.41) is 6.96. The number of para-hydroxylation sites is 1. The zero-order valence-electron chi connectivity index (χ0n) is 21.4. The van der Waals surface area contributed by atoms with Crippen LogP contribution in [0, 0.1) is 0 Å². The van der Waals surface area contributed by atoms with Gasteiger partial charge in [0.2, 0.25) is 0 Å². The monoisotopic (exact) mass is 514 g/mol. The second-order valence-electron chi connectivity index (χ2n) is 9.04. The van der Waals surface area contributed by atoms with E-state index < -0.39 is 5.97 Å². The molecule has 1 aliphatic rings. The first-order chi connectivity index (χ1) is 18.6. The third-order valence-electron chi connectivity index (χ3n) is 6.64. The minimum absolute atomic E-state index is 0.0585. The number of hydrogen-bond acceptors (Lipinski definition) is 7. The van der Waals surface area contributed by atoms with Gasteiger partial charge in [-0.05, 0) is 37.1 Å². The highest BCUT2D eigenvalue weighted by atomic mass is 16.5. The molecule has 1 fully saturated rings. The van der Waals surface area contributed by atoms with E-state index in [0.29, 0.717) is 42.0 Å². The van der Waals surface area contributed by atoms with Crippen LogP contribution in [0.1, 0.15) is 39.3 Å². The van der Waals surface area contributed by atoms with Crippen LogP contribution in [0.4, 0.5) is 11.4 Å². The lowest BCUT2D eigenvalue weighted by atomic mass is 10.2. The van der Waals surface area contributed by atoms with Crippen molar-refractivity contribution in [3.8, 4) is 5.75 Å². The molecule has 0 bridgehead atoms. The normalized spacial score (nSPS) is 14.8. The van der Waals surface area contributed by atoms with Gasteiger partial charge >= 0.3 is 5.97 Å². The number of amides is 1. The van der Waals surface area contributed by atoms with Gasteiger partial charge in [-0.1, -0.05) is 36.4 Å². The SMILES string of the molecule is COC(=O)c1c(NC(=O)c2ccccc2)c2cc(NCc3ccccc3OC)cnc2n1C[C@H]1CCCO1. The van der Waals surface area contributed by atoms with E-state index in [2.05, 4.69) is 10.6 Å². The molecule has 0 aliphatic carbocycles. The molecule has 2 N–H and O–H groups in total. The van der Waals surface area contributed by atoms with Gasteiger partial charge in [-0.2, -0.15) is 0 Å². The Balaban J connectivity index is 1.57. The van der Waals surface area contributed by atoms with E-state index in [4.69, 9.17) is 19.2 Å². The summed E-state index contributed by atoms with van der Waals surface area (Å²) >= 11 is 0. The number of anilines is 2. The molecule has 1 saturated heterocycles. The van der Waals surface area contributed by atoms with Crippen LogP contribution < -0.4 is 15.4 Å². The van der Waals surface area contributed by atoms with Crippen molar-refractivity contribution in [2.24, 2.45) is 0 Å². The van der Waals surface area contributed by atoms with Crippen LogP contribution in [-0.4, -0.2) is 48.4 Å². The van der Waals surface area contributed by atoms with Crippen molar-refractivity contribution in [1.82, 2.24) is 9.55 Å². The first-order valence-corrected chi connectivity index (χ1v) is 12.5.